The molecule has 0 spiro atoms. The van der Waals surface area contributed by atoms with Gasteiger partial charge in [0, 0.05) is 18.0 Å². The van der Waals surface area contributed by atoms with Gasteiger partial charge in [-0.15, -0.1) is 0 Å². The topological polar surface area (TPSA) is 89.3 Å². The van der Waals surface area contributed by atoms with E-state index < -0.39 is 10.0 Å². The normalized spacial score (nSPS) is 15.8. The van der Waals surface area contributed by atoms with Crippen molar-refractivity contribution in [2.24, 2.45) is 5.14 Å². The Bertz CT molecular complexity index is 504. The Morgan fingerprint density at radius 2 is 1.74 bits per heavy atom. The van der Waals surface area contributed by atoms with Gasteiger partial charge >= 0.3 is 0 Å². The van der Waals surface area contributed by atoms with E-state index in [0.717, 1.165) is 25.8 Å². The number of amides is 1. The predicted molar refractivity (Wildman–Crippen MR) is 74.3 cm³/mol. The monoisotopic (exact) mass is 304 g/mol. The number of hydrogen-bond acceptors (Lipinski definition) is 3. The van der Waals surface area contributed by atoms with Gasteiger partial charge in [-0.3, -0.25) is 4.79 Å². The van der Waals surface area contributed by atoms with E-state index in [1.165, 1.54) is 30.7 Å². The van der Waals surface area contributed by atoms with Gasteiger partial charge in [-0.05, 0) is 37.1 Å². The third-order valence-electron chi connectivity index (χ3n) is 2.54. The Labute approximate surface area is 118 Å². The first kappa shape index (κ1) is 15.9. The molecule has 1 saturated heterocycles. The lowest BCUT2D eigenvalue weighted by Crippen LogP contribution is -2.21. The second-order valence-corrected chi connectivity index (χ2v) is 6.16. The highest BCUT2D eigenvalue weighted by molar-refractivity contribution is 7.89. The van der Waals surface area contributed by atoms with Crippen LogP contribution in [-0.4, -0.2) is 20.9 Å². The van der Waals surface area contributed by atoms with Crippen LogP contribution in [0.15, 0.2) is 29.2 Å². The Kier molecular flexibility index (Phi) is 6.27. The summed E-state index contributed by atoms with van der Waals surface area (Å²) in [6, 6.07) is 5.66. The van der Waals surface area contributed by atoms with E-state index in [2.05, 4.69) is 5.32 Å². The number of carbonyl (C=O) groups is 1. The smallest absolute Gasteiger partial charge is 0.238 e. The first-order chi connectivity index (χ1) is 8.89. The number of nitrogens with two attached hydrogens (primary N) is 1. The van der Waals surface area contributed by atoms with Crippen LogP contribution in [0.1, 0.15) is 25.7 Å². The molecule has 1 aliphatic heterocycles. The average molecular weight is 305 g/mol. The van der Waals surface area contributed by atoms with Gasteiger partial charge < -0.3 is 5.32 Å². The van der Waals surface area contributed by atoms with E-state index in [1.54, 1.807) is 0 Å². The van der Waals surface area contributed by atoms with Crippen molar-refractivity contribution < 1.29 is 13.2 Å². The van der Waals surface area contributed by atoms with Crippen molar-refractivity contribution in [3.63, 3.8) is 0 Å². The minimum absolute atomic E-state index is 0.0712. The van der Waals surface area contributed by atoms with Crippen LogP contribution >= 0.6 is 11.6 Å². The highest BCUT2D eigenvalue weighted by Gasteiger charge is 2.05. The lowest BCUT2D eigenvalue weighted by atomic mass is 10.2. The highest BCUT2D eigenvalue weighted by Crippen LogP contribution is 2.11. The standard InChI is InChI=1S/C6H6ClNO2S.C6H11NO/c7-5-1-3-6(4-2-5)11(8,9)10;8-6-4-2-1-3-5-7-6/h1-4H,(H2,8,9,10);1-5H2,(H,7,8). The fourth-order valence-electron chi connectivity index (χ4n) is 1.53. The fourth-order valence-corrected chi connectivity index (χ4v) is 2.17. The summed E-state index contributed by atoms with van der Waals surface area (Å²) in [5, 5.41) is 8.13. The molecular weight excluding hydrogens is 288 g/mol. The lowest BCUT2D eigenvalue weighted by molar-refractivity contribution is -0.120. The maximum Gasteiger partial charge on any atom is 0.238 e. The molecule has 0 atom stereocenters. The number of hydrogen-bond donors (Lipinski definition) is 2. The molecule has 0 aromatic heterocycles. The van der Waals surface area contributed by atoms with Crippen molar-refractivity contribution >= 4 is 27.5 Å². The molecule has 1 aromatic rings. The van der Waals surface area contributed by atoms with Gasteiger partial charge in [-0.25, -0.2) is 13.6 Å². The van der Waals surface area contributed by atoms with E-state index in [1.807, 2.05) is 0 Å². The maximum atomic E-state index is 10.7. The molecular formula is C12H17ClN2O3S. The van der Waals surface area contributed by atoms with E-state index in [-0.39, 0.29) is 10.8 Å². The summed E-state index contributed by atoms with van der Waals surface area (Å²) in [4.78, 5) is 10.6. The van der Waals surface area contributed by atoms with Gasteiger partial charge in [0.05, 0.1) is 4.90 Å². The summed E-state index contributed by atoms with van der Waals surface area (Å²) in [5.41, 5.74) is 0. The molecule has 0 saturated carbocycles. The first-order valence-corrected chi connectivity index (χ1v) is 7.87. The zero-order valence-electron chi connectivity index (χ0n) is 10.4. The summed E-state index contributed by atoms with van der Waals surface area (Å²) in [5.74, 6) is 0.225. The molecule has 1 amide bonds. The summed E-state index contributed by atoms with van der Waals surface area (Å²) < 4.78 is 21.4. The molecule has 2 rings (SSSR count). The van der Waals surface area contributed by atoms with Crippen molar-refractivity contribution in [2.45, 2.75) is 30.6 Å². The zero-order chi connectivity index (χ0) is 14.3. The summed E-state index contributed by atoms with van der Waals surface area (Å²) in [6.07, 6.45) is 4.18. The van der Waals surface area contributed by atoms with Crippen LogP contribution in [0.25, 0.3) is 0 Å². The van der Waals surface area contributed by atoms with Gasteiger partial charge in [-0.2, -0.15) is 0 Å². The van der Waals surface area contributed by atoms with Crippen molar-refractivity contribution in [3.8, 4) is 0 Å². The number of benzene rings is 1. The highest BCUT2D eigenvalue weighted by atomic mass is 35.5. The van der Waals surface area contributed by atoms with Crippen LogP contribution in [0.2, 0.25) is 5.02 Å². The third kappa shape index (κ3) is 6.56. The summed E-state index contributed by atoms with van der Waals surface area (Å²) in [6.45, 7) is 0.888. The van der Waals surface area contributed by atoms with Gasteiger partial charge in [0.15, 0.2) is 0 Å². The molecule has 1 aliphatic rings. The molecule has 19 heavy (non-hydrogen) atoms. The predicted octanol–water partition coefficient (Wildman–Crippen LogP) is 1.66. The van der Waals surface area contributed by atoms with E-state index >= 15 is 0 Å². The van der Waals surface area contributed by atoms with E-state index in [4.69, 9.17) is 16.7 Å². The van der Waals surface area contributed by atoms with Crippen molar-refractivity contribution in [1.29, 1.82) is 0 Å². The zero-order valence-corrected chi connectivity index (χ0v) is 12.0. The molecule has 0 bridgehead atoms. The van der Waals surface area contributed by atoms with Crippen molar-refractivity contribution in [1.82, 2.24) is 5.32 Å². The molecule has 106 valence electrons. The minimum atomic E-state index is -3.58. The number of sulfonamides is 1. The van der Waals surface area contributed by atoms with Crippen LogP contribution in [-0.2, 0) is 14.8 Å². The number of carbonyl (C=O) groups excluding carboxylic acids is 1. The van der Waals surface area contributed by atoms with Crippen molar-refractivity contribution in [3.05, 3.63) is 29.3 Å². The Morgan fingerprint density at radius 3 is 2.32 bits per heavy atom. The Morgan fingerprint density at radius 1 is 1.11 bits per heavy atom. The first-order valence-electron chi connectivity index (χ1n) is 5.94. The maximum absolute atomic E-state index is 10.7. The second-order valence-electron chi connectivity index (χ2n) is 4.16. The third-order valence-corrected chi connectivity index (χ3v) is 3.73. The number of rotatable bonds is 1. The molecule has 0 unspecified atom stereocenters. The largest absolute Gasteiger partial charge is 0.356 e. The fraction of sp³-hybridized carbons (Fsp3) is 0.417. The van der Waals surface area contributed by atoms with E-state index in [0.29, 0.717) is 5.02 Å². The molecule has 5 nitrogen and oxygen atoms in total. The summed E-state index contributed by atoms with van der Waals surface area (Å²) in [7, 11) is -3.58. The Balaban J connectivity index is 0.000000200. The molecule has 0 aliphatic carbocycles. The SMILES string of the molecule is NS(=O)(=O)c1ccc(Cl)cc1.O=C1CCCCCN1. The molecule has 7 heteroatoms. The second kappa shape index (κ2) is 7.47. The Hall–Kier alpha value is -1.11. The van der Waals surface area contributed by atoms with E-state index in [9.17, 15) is 13.2 Å². The minimum Gasteiger partial charge on any atom is -0.356 e. The van der Waals surface area contributed by atoms with Crippen LogP contribution in [0.4, 0.5) is 0 Å². The molecule has 0 radical (unpaired) electrons. The van der Waals surface area contributed by atoms with Gasteiger partial charge in [-0.1, -0.05) is 18.0 Å². The van der Waals surface area contributed by atoms with Crippen LogP contribution in [0.3, 0.4) is 0 Å². The van der Waals surface area contributed by atoms with Crippen LogP contribution in [0.5, 0.6) is 0 Å². The van der Waals surface area contributed by atoms with Gasteiger partial charge in [0.25, 0.3) is 0 Å². The molecule has 1 heterocycles. The van der Waals surface area contributed by atoms with Gasteiger partial charge in [0.1, 0.15) is 0 Å². The number of halogens is 1. The lowest BCUT2D eigenvalue weighted by Gasteiger charge is -1.95. The average Bonchev–Trinajstić information content (AvgIpc) is 2.57. The quantitative estimate of drug-likeness (QED) is 0.827. The van der Waals surface area contributed by atoms with Crippen molar-refractivity contribution in [2.75, 3.05) is 6.54 Å². The number of primary sulfonamides is 1. The van der Waals surface area contributed by atoms with Crippen LogP contribution in [0, 0.1) is 0 Å². The molecule has 1 fully saturated rings. The number of nitrogens with one attached hydrogen (secondary N) is 1. The van der Waals surface area contributed by atoms with Gasteiger partial charge in [0.2, 0.25) is 15.9 Å². The van der Waals surface area contributed by atoms with Crippen LogP contribution < -0.4 is 10.5 Å². The molecule has 1 aromatic carbocycles. The molecule has 3 N–H and O–H groups in total. The summed E-state index contributed by atoms with van der Waals surface area (Å²) >= 11 is 5.53.